The predicted octanol–water partition coefficient (Wildman–Crippen LogP) is -12.3. The molecule has 36 N–H and O–H groups in total. The van der Waals surface area contributed by atoms with E-state index in [0.29, 0.717) is 24.2 Å². The third kappa shape index (κ3) is 36.9. The van der Waals surface area contributed by atoms with Crippen LogP contribution in [0.15, 0.2) is 35.0 Å². The minimum absolute atomic E-state index is 0.0153. The number of carbonyl (C=O) groups excluding carboxylic acids is 15. The number of carbonyl (C=O) groups is 16. The van der Waals surface area contributed by atoms with E-state index in [2.05, 4.69) is 104 Å². The van der Waals surface area contributed by atoms with Crippen molar-refractivity contribution in [1.82, 2.24) is 99.3 Å². The molecule has 118 heavy (non-hydrogen) atoms. The highest BCUT2D eigenvalue weighted by Crippen LogP contribution is 2.22. The van der Waals surface area contributed by atoms with Gasteiger partial charge in [0.05, 0.1) is 44.6 Å². The molecule has 1 fully saturated rings. The van der Waals surface area contributed by atoms with Crippen molar-refractivity contribution in [1.29, 1.82) is 0 Å². The van der Waals surface area contributed by atoms with Crippen LogP contribution in [0.4, 0.5) is 4.79 Å². The number of nitrogens with zero attached hydrogens (tertiary/aromatic N) is 5. The number of nitrogens with two attached hydrogens (primary N) is 8. The molecule has 0 saturated carbocycles. The number of aromatic amines is 2. The number of hydrogen-bond donors (Lipinski definition) is 28. The average Bonchev–Trinajstić information content (AvgIpc) is 1.65. The molecule has 1 aliphatic rings. The van der Waals surface area contributed by atoms with E-state index in [1.807, 2.05) is 0 Å². The van der Waals surface area contributed by atoms with Gasteiger partial charge in [-0.25, -0.2) is 14.8 Å². The van der Waals surface area contributed by atoms with Crippen LogP contribution in [0.1, 0.15) is 129 Å². The standard InChI is InChI=1S/C69H119N29O20/c1-35(2)52(64(115)91-42(15-9-21-80-67(73)74)57(108)84-30-51(103)104)96-63(114)49-18-12-24-98(49)66(117)45(17-11-22-81-68(75)76)93-61(112)47(31-99)95-59(110)43(13-5-7-19-70)89-54(105)36(3)87-60(111)46(26-39-28-79-34-86-39)88-50(102)29-83-56(107)41(16-10-23-82-69(77)118)90-58(109)44(14-6-8-20-71)92-65(116)53(37(4)101)97-62(113)48(32-100)94-55(106)40(72)25-38-27-78-33-85-38/h27-28,33-37,40-49,52-53,99-101H,5-26,29-32,70-72H2,1-4H3,(H,78,85)(H,79,86)(H,83,107)(H,84,108)(H,87,111)(H,88,102)(H,89,105)(H,90,109)(H,91,115)(H,92,116)(H,93,112)(H,94,106)(H,95,110)(H,96,114)(H,97,113)(H,103,104)(H4,73,74,80)(H4,75,76,81)(H3,77,82,118)/t36-,37+,40-,41-,42-,43-,44-,45-,46-,47-,48-,49-,52-,53-/m0/s1. The van der Waals surface area contributed by atoms with E-state index in [0.717, 1.165) is 6.92 Å². The van der Waals surface area contributed by atoms with E-state index in [-0.39, 0.29) is 141 Å². The number of nitrogens with one attached hydrogen (secondary N) is 16. The van der Waals surface area contributed by atoms with Gasteiger partial charge in [0.25, 0.3) is 0 Å². The third-order valence-electron chi connectivity index (χ3n) is 18.2. The molecule has 49 nitrogen and oxygen atoms in total. The Morgan fingerprint density at radius 3 is 1.42 bits per heavy atom. The first-order valence-electron chi connectivity index (χ1n) is 38.5. The van der Waals surface area contributed by atoms with Crippen molar-refractivity contribution in [3.8, 4) is 0 Å². The van der Waals surface area contributed by atoms with Crippen LogP contribution in [0.5, 0.6) is 0 Å². The molecule has 660 valence electrons. The van der Waals surface area contributed by atoms with Gasteiger partial charge >= 0.3 is 12.0 Å². The van der Waals surface area contributed by atoms with Gasteiger partial charge in [-0.2, -0.15) is 0 Å². The molecule has 0 unspecified atom stereocenters. The van der Waals surface area contributed by atoms with E-state index in [9.17, 15) is 97.1 Å². The van der Waals surface area contributed by atoms with Gasteiger partial charge in [-0.3, -0.25) is 81.9 Å². The minimum Gasteiger partial charge on any atom is -0.480 e. The maximum Gasteiger partial charge on any atom is 0.322 e. The molecular weight excluding hydrogens is 1550 g/mol. The monoisotopic (exact) mass is 1670 g/mol. The van der Waals surface area contributed by atoms with Gasteiger partial charge in [0.2, 0.25) is 82.7 Å². The Kier molecular flexibility index (Phi) is 45.3. The molecule has 0 aliphatic carbocycles. The molecule has 3 rings (SSSR count). The molecule has 0 spiro atoms. The maximum absolute atomic E-state index is 14.6. The lowest BCUT2D eigenvalue weighted by Crippen LogP contribution is -2.61. The Hall–Kier alpha value is -12.0. The summed E-state index contributed by atoms with van der Waals surface area (Å²) in [5, 5.41) is 74.7. The van der Waals surface area contributed by atoms with Crippen LogP contribution in [-0.2, 0) is 84.8 Å². The largest absolute Gasteiger partial charge is 0.480 e. The number of rotatable bonds is 56. The van der Waals surface area contributed by atoms with Crippen LogP contribution in [0.25, 0.3) is 0 Å². The van der Waals surface area contributed by atoms with Crippen molar-refractivity contribution in [2.45, 2.75) is 215 Å². The van der Waals surface area contributed by atoms with Crippen molar-refractivity contribution in [2.24, 2.45) is 61.8 Å². The van der Waals surface area contributed by atoms with Crippen molar-refractivity contribution < 1.29 is 97.1 Å². The van der Waals surface area contributed by atoms with Gasteiger partial charge in [-0.05, 0) is 123 Å². The van der Waals surface area contributed by atoms with Crippen LogP contribution < -0.4 is 120 Å². The van der Waals surface area contributed by atoms with E-state index in [1.165, 1.54) is 36.9 Å². The molecule has 49 heteroatoms. The smallest absolute Gasteiger partial charge is 0.322 e. The molecule has 2 aromatic heterocycles. The number of carboxylic acid groups (broad SMARTS) is 1. The van der Waals surface area contributed by atoms with Crippen molar-refractivity contribution in [3.05, 3.63) is 36.4 Å². The molecular formula is C69H119N29O20. The zero-order valence-corrected chi connectivity index (χ0v) is 66.5. The second-order valence-electron chi connectivity index (χ2n) is 28.2. The second-order valence-corrected chi connectivity index (χ2v) is 28.2. The first-order chi connectivity index (χ1) is 55.9. The third-order valence-corrected chi connectivity index (χ3v) is 18.2. The Labute approximate surface area is 679 Å². The Morgan fingerprint density at radius 2 is 0.932 bits per heavy atom. The topological polar surface area (TPSA) is 816 Å². The molecule has 3 heterocycles. The summed E-state index contributed by atoms with van der Waals surface area (Å²) < 4.78 is 0. The molecule has 0 radical (unpaired) electrons. The molecule has 2 aromatic rings. The van der Waals surface area contributed by atoms with Crippen LogP contribution in [0.2, 0.25) is 0 Å². The number of amides is 16. The maximum atomic E-state index is 14.6. The summed E-state index contributed by atoms with van der Waals surface area (Å²) >= 11 is 0. The predicted molar refractivity (Wildman–Crippen MR) is 421 cm³/mol. The number of aromatic nitrogens is 4. The number of imidazole rings is 2. The van der Waals surface area contributed by atoms with Gasteiger partial charge in [0.1, 0.15) is 79.0 Å². The van der Waals surface area contributed by atoms with E-state index >= 15 is 0 Å². The highest BCUT2D eigenvalue weighted by atomic mass is 16.4. The van der Waals surface area contributed by atoms with Crippen molar-refractivity contribution in [2.75, 3.05) is 65.6 Å². The SMILES string of the molecule is CC(C)[C@H](NC(=O)[C@@H]1CCCN1C(=O)[C@H](CCCN=C(N)N)NC(=O)[C@H](CO)NC(=O)[C@H](CCCCN)NC(=O)[C@H](C)NC(=O)[C@H](Cc1cnc[nH]1)NC(=O)CNC(=O)[C@H](CCCNC(N)=O)NC(=O)[C@H](CCCCN)NC(=O)[C@@H](NC(=O)[C@H](CO)NC(=O)[C@@H](N)Cc1cnc[nH]1)[C@@H](C)O)C(=O)N[C@@H](CCCN=C(N)N)C(=O)NCC(=O)O. The van der Waals surface area contributed by atoms with Crippen LogP contribution in [0.3, 0.4) is 0 Å². The van der Waals surface area contributed by atoms with Crippen LogP contribution in [0, 0.1) is 5.92 Å². The summed E-state index contributed by atoms with van der Waals surface area (Å²) in [6.07, 6.45) is 4.33. The van der Waals surface area contributed by atoms with Gasteiger partial charge in [0, 0.05) is 62.8 Å². The fourth-order valence-corrected chi connectivity index (χ4v) is 11.8. The molecule has 14 atom stereocenters. The summed E-state index contributed by atoms with van der Waals surface area (Å²) in [5.74, 6) is -15.9. The van der Waals surface area contributed by atoms with Crippen LogP contribution >= 0.6 is 0 Å². The number of guanidine groups is 2. The van der Waals surface area contributed by atoms with E-state index in [4.69, 9.17) is 45.9 Å². The number of aliphatic hydroxyl groups is 3. The summed E-state index contributed by atoms with van der Waals surface area (Å²) in [7, 11) is 0. The van der Waals surface area contributed by atoms with Gasteiger partial charge in [-0.15, -0.1) is 0 Å². The zero-order valence-electron chi connectivity index (χ0n) is 66.5. The quantitative estimate of drug-likeness (QED) is 0.0166. The number of H-pyrrole nitrogens is 2. The number of primary amides is 1. The lowest BCUT2D eigenvalue weighted by Gasteiger charge is -2.31. The van der Waals surface area contributed by atoms with E-state index < -0.39 is 212 Å². The average molecular weight is 1670 g/mol. The van der Waals surface area contributed by atoms with E-state index in [1.54, 1.807) is 13.8 Å². The Bertz CT molecular complexity index is 3670. The number of aliphatic imine (C=N–C) groups is 2. The fraction of sp³-hybridized carbons (Fsp3) is 0.652. The number of aliphatic hydroxyl groups excluding tert-OH is 3. The Balaban J connectivity index is 1.82. The molecule has 0 bridgehead atoms. The number of unbranched alkanes of at least 4 members (excludes halogenated alkanes) is 2. The number of urea groups is 1. The second kappa shape index (κ2) is 53.3. The number of hydrogen-bond acceptors (Lipinski definition) is 26. The van der Waals surface area contributed by atoms with Crippen LogP contribution in [-0.4, -0.2) is 302 Å². The minimum atomic E-state index is -1.81. The van der Waals surface area contributed by atoms with Gasteiger partial charge in [-0.1, -0.05) is 13.8 Å². The molecule has 16 amide bonds. The number of carboxylic acids is 1. The van der Waals surface area contributed by atoms with Crippen molar-refractivity contribution >= 4 is 107 Å². The summed E-state index contributed by atoms with van der Waals surface area (Å²) in [5.41, 5.74) is 45.4. The normalized spacial score (nSPS) is 15.7. The molecule has 1 aliphatic heterocycles. The summed E-state index contributed by atoms with van der Waals surface area (Å²) in [6.45, 7) is 2.07. The molecule has 0 aromatic carbocycles. The number of aliphatic carboxylic acids is 1. The number of likely N-dealkylation sites (tertiary alicyclic amines) is 1. The highest BCUT2D eigenvalue weighted by Gasteiger charge is 2.42. The van der Waals surface area contributed by atoms with Gasteiger partial charge < -0.3 is 156 Å². The highest BCUT2D eigenvalue weighted by molar-refractivity contribution is 6.00. The Morgan fingerprint density at radius 1 is 0.492 bits per heavy atom. The fourth-order valence-electron chi connectivity index (χ4n) is 11.8. The summed E-state index contributed by atoms with van der Waals surface area (Å²) in [6, 6.07) is -20.3. The van der Waals surface area contributed by atoms with Gasteiger partial charge in [0.15, 0.2) is 11.9 Å². The summed E-state index contributed by atoms with van der Waals surface area (Å²) in [4.78, 5) is 240. The lowest BCUT2D eigenvalue weighted by atomic mass is 10.0. The molecule has 1 saturated heterocycles. The lowest BCUT2D eigenvalue weighted by molar-refractivity contribution is -0.143. The first kappa shape index (κ1) is 100. The zero-order chi connectivity index (χ0) is 88.1. The first-order valence-corrected chi connectivity index (χ1v) is 38.5. The van der Waals surface area contributed by atoms with Crippen molar-refractivity contribution in [3.63, 3.8) is 0 Å².